The molecule has 0 heterocycles. The highest BCUT2D eigenvalue weighted by atomic mass is 16.4. The maximum absolute atomic E-state index is 9.63. The van der Waals surface area contributed by atoms with Crippen LogP contribution in [0.5, 0.6) is 0 Å². The van der Waals surface area contributed by atoms with Crippen LogP contribution in [0.2, 0.25) is 0 Å². The van der Waals surface area contributed by atoms with Gasteiger partial charge in [0.2, 0.25) is 0 Å². The molecule has 0 radical (unpaired) electrons. The van der Waals surface area contributed by atoms with Crippen molar-refractivity contribution < 1.29 is 83.0 Å². The number of carboxylic acid groups (broad SMARTS) is 4. The summed E-state index contributed by atoms with van der Waals surface area (Å²) in [5.41, 5.74) is 14.5. The molecule has 0 aliphatic rings. The van der Waals surface area contributed by atoms with Gasteiger partial charge in [-0.3, -0.25) is 0 Å². The highest BCUT2D eigenvalue weighted by Crippen LogP contribution is 1.89. The van der Waals surface area contributed by atoms with Gasteiger partial charge in [0.1, 0.15) is 24.4 Å². The number of aliphatic carboxylic acids is 4. The monoisotopic (exact) mass is 448 g/mol. The molecule has 0 aliphatic heterocycles. The van der Waals surface area contributed by atoms with Gasteiger partial charge < -0.3 is 83.0 Å². The minimum absolute atomic E-state index is 1.03. The summed E-state index contributed by atoms with van der Waals surface area (Å²) in [5, 5.41) is 71.5. The van der Waals surface area contributed by atoms with Gasteiger partial charge in [-0.05, 0) is 0 Å². The molecule has 0 aromatic heterocycles. The first kappa shape index (κ1) is 35.0. The Morgan fingerprint density at radius 2 is 0.633 bits per heavy atom. The number of aliphatic hydroxyl groups excluding tert-OH is 4. The molecule has 16 heteroatoms. The molecule has 30 heavy (non-hydrogen) atoms. The number of hydrogen-bond donors (Lipinski definition) is 8. The third-order valence-corrected chi connectivity index (χ3v) is 2.56. The molecular weight excluding hydrogens is 416 g/mol. The molecule has 0 rings (SSSR count). The van der Waals surface area contributed by atoms with E-state index in [1.807, 2.05) is 0 Å². The molecule has 0 bridgehead atoms. The predicted octanol–water partition coefficient (Wildman–Crippen LogP) is -13.9. The van der Waals surface area contributed by atoms with Gasteiger partial charge in [-0.25, -0.2) is 0 Å². The lowest BCUT2D eigenvalue weighted by Gasteiger charge is -2.18. The minimum Gasteiger partial charge on any atom is -0.547 e. The second-order valence-electron chi connectivity index (χ2n) is 5.18. The SMILES string of the molecule is O=C([O-])[C@H](O)[C@@H](O)C(=O)[O-].O=C([O-])[C@H](O)[C@@H](O)C(=O)[O-].[NH3+]CCC[NH3+].[NH3+]CCC[NH3+]. The summed E-state index contributed by atoms with van der Waals surface area (Å²) in [7, 11) is 0. The third-order valence-electron chi connectivity index (χ3n) is 2.56. The third kappa shape index (κ3) is 23.6. The number of hydrogen-bond acceptors (Lipinski definition) is 12. The first-order valence-corrected chi connectivity index (χ1v) is 8.49. The van der Waals surface area contributed by atoms with E-state index in [2.05, 4.69) is 22.9 Å². The van der Waals surface area contributed by atoms with Crippen molar-refractivity contribution in [2.45, 2.75) is 37.3 Å². The summed E-state index contributed by atoms with van der Waals surface area (Å²) < 4.78 is 0. The number of carbonyl (C=O) groups is 4. The van der Waals surface area contributed by atoms with Crippen molar-refractivity contribution in [2.75, 3.05) is 26.2 Å². The van der Waals surface area contributed by atoms with E-state index >= 15 is 0 Å². The Morgan fingerprint density at radius 1 is 0.500 bits per heavy atom. The molecule has 0 aromatic carbocycles. The molecule has 0 unspecified atom stereocenters. The lowest BCUT2D eigenvalue weighted by Crippen LogP contribution is -2.57. The van der Waals surface area contributed by atoms with E-state index in [1.54, 1.807) is 0 Å². The van der Waals surface area contributed by atoms with Crippen LogP contribution in [0.1, 0.15) is 12.8 Å². The van der Waals surface area contributed by atoms with E-state index in [0.717, 1.165) is 26.2 Å². The van der Waals surface area contributed by atoms with Crippen LogP contribution in [0.4, 0.5) is 0 Å². The molecule has 0 aliphatic carbocycles. The number of rotatable bonds is 10. The first-order valence-electron chi connectivity index (χ1n) is 8.49. The maximum atomic E-state index is 9.63. The average Bonchev–Trinajstić information content (AvgIpc) is 2.67. The summed E-state index contributed by atoms with van der Waals surface area (Å²) in [6, 6.07) is 0. The molecule has 0 spiro atoms. The zero-order valence-electron chi connectivity index (χ0n) is 16.4. The fourth-order valence-corrected chi connectivity index (χ4v) is 0.869. The van der Waals surface area contributed by atoms with Crippen LogP contribution < -0.4 is 43.4 Å². The molecule has 180 valence electrons. The van der Waals surface area contributed by atoms with Crippen molar-refractivity contribution in [3.05, 3.63) is 0 Å². The summed E-state index contributed by atoms with van der Waals surface area (Å²) in [6.07, 6.45) is -7.43. The van der Waals surface area contributed by atoms with Crippen molar-refractivity contribution in [3.63, 3.8) is 0 Å². The van der Waals surface area contributed by atoms with Crippen LogP contribution >= 0.6 is 0 Å². The second kappa shape index (κ2) is 22.8. The maximum Gasteiger partial charge on any atom is 0.124 e. The lowest BCUT2D eigenvalue weighted by atomic mass is 10.2. The van der Waals surface area contributed by atoms with Crippen molar-refractivity contribution in [3.8, 4) is 0 Å². The second-order valence-corrected chi connectivity index (χ2v) is 5.18. The van der Waals surface area contributed by atoms with Crippen molar-refractivity contribution in [2.24, 2.45) is 0 Å². The number of carbonyl (C=O) groups excluding carboxylic acids is 4. The largest absolute Gasteiger partial charge is 0.547 e. The fourth-order valence-electron chi connectivity index (χ4n) is 0.869. The molecule has 0 saturated carbocycles. The Balaban J connectivity index is -0.000000159. The molecule has 0 aromatic rings. The molecule has 16 nitrogen and oxygen atoms in total. The zero-order valence-corrected chi connectivity index (χ0v) is 16.4. The first-order chi connectivity index (χ1) is 13.8. The molecule has 4 atom stereocenters. The smallest absolute Gasteiger partial charge is 0.124 e. The fraction of sp³-hybridized carbons (Fsp3) is 0.714. The van der Waals surface area contributed by atoms with Crippen LogP contribution in [0, 0.1) is 0 Å². The van der Waals surface area contributed by atoms with E-state index < -0.39 is 48.3 Å². The van der Waals surface area contributed by atoms with E-state index in [9.17, 15) is 39.6 Å². The van der Waals surface area contributed by atoms with Gasteiger partial charge in [-0.15, -0.1) is 0 Å². The van der Waals surface area contributed by atoms with Crippen LogP contribution in [-0.2, 0) is 19.2 Å². The van der Waals surface area contributed by atoms with Crippen molar-refractivity contribution >= 4 is 23.9 Å². The lowest BCUT2D eigenvalue weighted by molar-refractivity contribution is -0.405. The van der Waals surface area contributed by atoms with Gasteiger partial charge in [0.15, 0.2) is 0 Å². The Kier molecular flexibility index (Phi) is 26.7. The Bertz CT molecular complexity index is 398. The van der Waals surface area contributed by atoms with E-state index in [0.29, 0.717) is 0 Å². The standard InChI is InChI=1S/2C4H6O6.2C3H10N2/c2*5-1(3(7)8)2(6)4(9)10;2*4-2-1-3-5/h2*1-2,5-6H,(H,7,8)(H,9,10);2*1-5H2/t2*1-,2-;;/m11../s1. The van der Waals surface area contributed by atoms with E-state index in [-0.39, 0.29) is 0 Å². The Labute approximate surface area is 171 Å². The number of aliphatic hydroxyl groups is 4. The Hall–Kier alpha value is -2.44. The molecule has 0 saturated heterocycles. The van der Waals surface area contributed by atoms with Crippen molar-refractivity contribution in [1.29, 1.82) is 0 Å². The molecule has 16 N–H and O–H groups in total. The highest BCUT2D eigenvalue weighted by Gasteiger charge is 2.18. The van der Waals surface area contributed by atoms with Crippen LogP contribution in [-0.4, -0.2) is 94.9 Å². The number of carboxylic acids is 4. The summed E-state index contributed by atoms with van der Waals surface area (Å²) in [5.74, 6) is -8.23. The van der Waals surface area contributed by atoms with Gasteiger partial charge in [-0.1, -0.05) is 0 Å². The van der Waals surface area contributed by atoms with Gasteiger partial charge >= 0.3 is 0 Å². The van der Waals surface area contributed by atoms with Crippen molar-refractivity contribution in [1.82, 2.24) is 0 Å². The summed E-state index contributed by atoms with van der Waals surface area (Å²) in [4.78, 5) is 38.5. The predicted molar refractivity (Wildman–Crippen MR) is 84.3 cm³/mol. The average molecular weight is 448 g/mol. The summed E-state index contributed by atoms with van der Waals surface area (Å²) in [6.45, 7) is 4.12. The molecule has 0 fully saturated rings. The topological polar surface area (TPSA) is 352 Å². The van der Waals surface area contributed by atoms with Gasteiger partial charge in [0.05, 0.1) is 50.1 Å². The number of quaternary nitrogens is 4. The molecule has 0 amide bonds. The van der Waals surface area contributed by atoms with Crippen LogP contribution in [0.3, 0.4) is 0 Å². The quantitative estimate of drug-likeness (QED) is 0.154. The molecular formula is C14H32N4O12. The van der Waals surface area contributed by atoms with E-state index in [4.69, 9.17) is 20.4 Å². The van der Waals surface area contributed by atoms with Gasteiger partial charge in [0, 0.05) is 12.8 Å². The van der Waals surface area contributed by atoms with Gasteiger partial charge in [0.25, 0.3) is 0 Å². The Morgan fingerprint density at radius 3 is 0.667 bits per heavy atom. The van der Waals surface area contributed by atoms with Gasteiger partial charge in [-0.2, -0.15) is 0 Å². The summed E-state index contributed by atoms with van der Waals surface area (Å²) >= 11 is 0. The minimum atomic E-state index is -2.44. The highest BCUT2D eigenvalue weighted by molar-refractivity contribution is 5.81. The van der Waals surface area contributed by atoms with Crippen LogP contribution in [0.25, 0.3) is 0 Å². The van der Waals surface area contributed by atoms with E-state index in [1.165, 1.54) is 12.8 Å². The van der Waals surface area contributed by atoms with Crippen LogP contribution in [0.15, 0.2) is 0 Å². The normalized spacial score (nSPS) is 13.3. The zero-order chi connectivity index (χ0) is 24.9.